The molecule has 2 aromatic heterocycles. The van der Waals surface area contributed by atoms with E-state index in [4.69, 9.17) is 0 Å². The molecule has 0 aliphatic rings. The van der Waals surface area contributed by atoms with E-state index in [9.17, 15) is 4.79 Å². The molecule has 6 heteroatoms. The molecular formula is C13H19N5O. The Balaban J connectivity index is 2.16. The van der Waals surface area contributed by atoms with E-state index >= 15 is 0 Å². The Morgan fingerprint density at radius 1 is 1.37 bits per heavy atom. The van der Waals surface area contributed by atoms with Gasteiger partial charge >= 0.3 is 0 Å². The predicted molar refractivity (Wildman–Crippen MR) is 74.1 cm³/mol. The van der Waals surface area contributed by atoms with Crippen LogP contribution in [-0.2, 0) is 26.6 Å². The van der Waals surface area contributed by atoms with Crippen molar-refractivity contribution in [2.24, 2.45) is 7.05 Å². The molecule has 0 unspecified atom stereocenters. The minimum atomic E-state index is -0.0908. The van der Waals surface area contributed by atoms with Crippen LogP contribution in [0, 0.1) is 0 Å². The van der Waals surface area contributed by atoms with E-state index in [1.807, 2.05) is 20.2 Å². The van der Waals surface area contributed by atoms with Crippen LogP contribution in [0.5, 0.6) is 0 Å². The first-order valence-electron chi connectivity index (χ1n) is 6.46. The van der Waals surface area contributed by atoms with Crippen molar-refractivity contribution < 1.29 is 0 Å². The smallest absolute Gasteiger partial charge is 0.293 e. The zero-order valence-corrected chi connectivity index (χ0v) is 11.6. The summed E-state index contributed by atoms with van der Waals surface area (Å²) in [6.45, 7) is 5.20. The van der Waals surface area contributed by atoms with Crippen molar-refractivity contribution in [3.05, 3.63) is 40.2 Å². The Kier molecular flexibility index (Phi) is 3.99. The minimum absolute atomic E-state index is 0.0908. The average molecular weight is 261 g/mol. The Morgan fingerprint density at radius 2 is 2.16 bits per heavy atom. The zero-order chi connectivity index (χ0) is 13.8. The van der Waals surface area contributed by atoms with Crippen LogP contribution in [0.1, 0.15) is 25.1 Å². The van der Waals surface area contributed by atoms with E-state index in [-0.39, 0.29) is 5.56 Å². The van der Waals surface area contributed by atoms with Gasteiger partial charge in [0.15, 0.2) is 5.82 Å². The lowest BCUT2D eigenvalue weighted by Crippen LogP contribution is -2.23. The zero-order valence-electron chi connectivity index (χ0n) is 11.6. The molecule has 0 fully saturated rings. The molecule has 19 heavy (non-hydrogen) atoms. The molecule has 0 aromatic carbocycles. The van der Waals surface area contributed by atoms with Crippen LogP contribution in [0.4, 0.5) is 5.82 Å². The highest BCUT2D eigenvalue weighted by molar-refractivity contribution is 5.33. The molecule has 102 valence electrons. The van der Waals surface area contributed by atoms with Crippen molar-refractivity contribution in [3.63, 3.8) is 0 Å². The highest BCUT2D eigenvalue weighted by Crippen LogP contribution is 2.08. The second kappa shape index (κ2) is 5.69. The van der Waals surface area contributed by atoms with Gasteiger partial charge in [0, 0.05) is 44.3 Å². The van der Waals surface area contributed by atoms with Gasteiger partial charge in [0.2, 0.25) is 0 Å². The maximum Gasteiger partial charge on any atom is 0.293 e. The number of anilines is 1. The Labute approximate surface area is 112 Å². The third-order valence-electron chi connectivity index (χ3n) is 3.03. The number of aryl methyl sites for hydroxylation is 3. The third kappa shape index (κ3) is 2.83. The molecule has 0 radical (unpaired) electrons. The molecule has 0 amide bonds. The van der Waals surface area contributed by atoms with Crippen molar-refractivity contribution in [2.75, 3.05) is 5.32 Å². The summed E-state index contributed by atoms with van der Waals surface area (Å²) in [5.74, 6) is 0.384. The van der Waals surface area contributed by atoms with E-state index in [0.29, 0.717) is 18.9 Å². The quantitative estimate of drug-likeness (QED) is 0.877. The molecule has 0 aliphatic carbocycles. The third-order valence-corrected chi connectivity index (χ3v) is 3.03. The summed E-state index contributed by atoms with van der Waals surface area (Å²) in [4.78, 5) is 16.1. The number of rotatable bonds is 5. The predicted octanol–water partition coefficient (Wildman–Crippen LogP) is 1.17. The molecule has 0 spiro atoms. The lowest BCUT2D eigenvalue weighted by Gasteiger charge is -2.07. The molecule has 0 aliphatic heterocycles. The maximum atomic E-state index is 12.0. The van der Waals surface area contributed by atoms with Gasteiger partial charge in [-0.15, -0.1) is 0 Å². The average Bonchev–Trinajstić information content (AvgIpc) is 2.78. The van der Waals surface area contributed by atoms with Gasteiger partial charge in [-0.2, -0.15) is 5.10 Å². The molecule has 0 atom stereocenters. The number of hydrogen-bond acceptors (Lipinski definition) is 4. The fourth-order valence-electron chi connectivity index (χ4n) is 2.03. The van der Waals surface area contributed by atoms with Crippen molar-refractivity contribution in [2.45, 2.75) is 33.4 Å². The van der Waals surface area contributed by atoms with Gasteiger partial charge in [0.05, 0.1) is 5.69 Å². The van der Waals surface area contributed by atoms with Crippen LogP contribution in [-0.4, -0.2) is 19.3 Å². The first kappa shape index (κ1) is 13.3. The summed E-state index contributed by atoms with van der Waals surface area (Å²) in [7, 11) is 1.90. The normalized spacial score (nSPS) is 10.7. The van der Waals surface area contributed by atoms with Gasteiger partial charge < -0.3 is 9.88 Å². The number of hydrogen-bond donors (Lipinski definition) is 1. The van der Waals surface area contributed by atoms with Gasteiger partial charge in [-0.05, 0) is 13.3 Å². The van der Waals surface area contributed by atoms with Crippen LogP contribution in [0.2, 0.25) is 0 Å². The molecule has 0 saturated heterocycles. The van der Waals surface area contributed by atoms with Crippen LogP contribution < -0.4 is 10.9 Å². The summed E-state index contributed by atoms with van der Waals surface area (Å²) >= 11 is 0. The Morgan fingerprint density at radius 3 is 2.84 bits per heavy atom. The van der Waals surface area contributed by atoms with Crippen molar-refractivity contribution >= 4 is 5.82 Å². The number of aromatic nitrogens is 4. The number of nitrogens with zero attached hydrogens (tertiary/aromatic N) is 4. The fourth-order valence-corrected chi connectivity index (χ4v) is 2.03. The monoisotopic (exact) mass is 261 g/mol. The molecular weight excluding hydrogens is 242 g/mol. The van der Waals surface area contributed by atoms with Crippen LogP contribution >= 0.6 is 0 Å². The van der Waals surface area contributed by atoms with Gasteiger partial charge in [0.25, 0.3) is 5.56 Å². The van der Waals surface area contributed by atoms with Gasteiger partial charge in [0.1, 0.15) is 0 Å². The first-order chi connectivity index (χ1) is 9.15. The molecule has 6 nitrogen and oxygen atoms in total. The molecule has 2 heterocycles. The minimum Gasteiger partial charge on any atom is -0.361 e. The van der Waals surface area contributed by atoms with Crippen LogP contribution in [0.25, 0.3) is 0 Å². The molecule has 0 saturated carbocycles. The van der Waals surface area contributed by atoms with Gasteiger partial charge in [-0.25, -0.2) is 4.98 Å². The number of nitrogens with one attached hydrogen (secondary N) is 1. The summed E-state index contributed by atoms with van der Waals surface area (Å²) in [5, 5.41) is 7.46. The van der Waals surface area contributed by atoms with E-state index in [1.54, 1.807) is 21.6 Å². The van der Waals surface area contributed by atoms with E-state index in [1.165, 1.54) is 0 Å². The Bertz CT molecular complexity index is 614. The van der Waals surface area contributed by atoms with Crippen molar-refractivity contribution in [1.82, 2.24) is 19.3 Å². The van der Waals surface area contributed by atoms with Crippen molar-refractivity contribution in [1.29, 1.82) is 0 Å². The SMILES string of the molecule is CCc1nn(C)cc1CNc1nccn(CC)c1=O. The Hall–Kier alpha value is -2.11. The molecule has 2 aromatic rings. The van der Waals surface area contributed by atoms with Crippen LogP contribution in [0.15, 0.2) is 23.4 Å². The first-order valence-corrected chi connectivity index (χ1v) is 6.46. The largest absolute Gasteiger partial charge is 0.361 e. The van der Waals surface area contributed by atoms with E-state index in [2.05, 4.69) is 22.3 Å². The van der Waals surface area contributed by atoms with E-state index < -0.39 is 0 Å². The highest BCUT2D eigenvalue weighted by Gasteiger charge is 2.08. The van der Waals surface area contributed by atoms with Gasteiger partial charge in [-0.3, -0.25) is 9.48 Å². The standard InChI is InChI=1S/C13H19N5O/c1-4-11-10(9-17(3)16-11)8-15-12-13(19)18(5-2)7-6-14-12/h6-7,9H,4-5,8H2,1-3H3,(H,14,15). The maximum absolute atomic E-state index is 12.0. The summed E-state index contributed by atoms with van der Waals surface area (Å²) in [6.07, 6.45) is 6.17. The lowest BCUT2D eigenvalue weighted by molar-refractivity contribution is 0.718. The summed E-state index contributed by atoms with van der Waals surface area (Å²) in [6, 6.07) is 0. The molecule has 2 rings (SSSR count). The van der Waals surface area contributed by atoms with Crippen molar-refractivity contribution in [3.8, 4) is 0 Å². The molecule has 1 N–H and O–H groups in total. The molecule has 0 bridgehead atoms. The summed E-state index contributed by atoms with van der Waals surface area (Å²) in [5.41, 5.74) is 2.05. The topological polar surface area (TPSA) is 64.7 Å². The highest BCUT2D eigenvalue weighted by atomic mass is 16.1. The fraction of sp³-hybridized carbons (Fsp3) is 0.462. The second-order valence-electron chi connectivity index (χ2n) is 4.35. The van der Waals surface area contributed by atoms with E-state index in [0.717, 1.165) is 17.7 Å². The second-order valence-corrected chi connectivity index (χ2v) is 4.35. The van der Waals surface area contributed by atoms with Crippen LogP contribution in [0.3, 0.4) is 0 Å². The van der Waals surface area contributed by atoms with Gasteiger partial charge in [-0.1, -0.05) is 6.92 Å². The lowest BCUT2D eigenvalue weighted by atomic mass is 10.2. The summed E-state index contributed by atoms with van der Waals surface area (Å²) < 4.78 is 3.41.